The summed E-state index contributed by atoms with van der Waals surface area (Å²) in [5.41, 5.74) is 0.782. The fraction of sp³-hybridized carbons (Fsp3) is 0.571. The quantitative estimate of drug-likeness (QED) is 0.686. The molecule has 0 radical (unpaired) electrons. The minimum Gasteiger partial charge on any atom is -0.229 e. The molecule has 0 saturated heterocycles. The maximum absolute atomic E-state index is 11.6. The van der Waals surface area contributed by atoms with Gasteiger partial charge in [0.2, 0.25) is 0 Å². The molecule has 0 N–H and O–H groups in total. The molecular formula is C14H20Cl2O2S. The van der Waals surface area contributed by atoms with Crippen molar-refractivity contribution in [2.45, 2.75) is 19.8 Å². The molecular weight excluding hydrogens is 303 g/mol. The first-order valence-corrected chi connectivity index (χ1v) is 9.22. The third-order valence-corrected chi connectivity index (χ3v) is 6.21. The minimum absolute atomic E-state index is 0.149. The van der Waals surface area contributed by atoms with Crippen molar-refractivity contribution < 1.29 is 8.42 Å². The summed E-state index contributed by atoms with van der Waals surface area (Å²) in [6.07, 6.45) is 1.21. The highest BCUT2D eigenvalue weighted by molar-refractivity contribution is 7.91. The lowest BCUT2D eigenvalue weighted by Gasteiger charge is -2.29. The molecule has 0 aliphatic rings. The zero-order valence-corrected chi connectivity index (χ0v) is 13.4. The van der Waals surface area contributed by atoms with Crippen LogP contribution in [0.2, 0.25) is 0 Å². The summed E-state index contributed by atoms with van der Waals surface area (Å²) in [6, 6.07) is 9.91. The van der Waals surface area contributed by atoms with E-state index in [4.69, 9.17) is 23.2 Å². The van der Waals surface area contributed by atoms with E-state index in [9.17, 15) is 8.42 Å². The Bertz CT molecular complexity index is 467. The molecule has 1 aromatic rings. The van der Waals surface area contributed by atoms with Crippen molar-refractivity contribution in [2.75, 3.05) is 23.3 Å². The largest absolute Gasteiger partial charge is 0.229 e. The summed E-state index contributed by atoms with van der Waals surface area (Å²) in [4.78, 5) is 0. The molecule has 0 saturated carbocycles. The standard InChI is InChI=1S/C14H20Cl2O2S/c1-2-19(17,18)9-8-14(11-15,12-16)10-13-6-4-3-5-7-13/h3-7H,2,8-12H2,1H3. The fourth-order valence-electron chi connectivity index (χ4n) is 1.90. The van der Waals surface area contributed by atoms with Gasteiger partial charge in [0.25, 0.3) is 0 Å². The van der Waals surface area contributed by atoms with Crippen LogP contribution in [0.25, 0.3) is 0 Å². The normalized spacial score (nSPS) is 12.6. The Morgan fingerprint density at radius 2 is 1.68 bits per heavy atom. The number of sulfone groups is 1. The number of benzene rings is 1. The number of hydrogen-bond acceptors (Lipinski definition) is 2. The number of alkyl halides is 2. The maximum Gasteiger partial charge on any atom is 0.150 e. The lowest BCUT2D eigenvalue weighted by Crippen LogP contribution is -2.31. The van der Waals surface area contributed by atoms with E-state index in [2.05, 4.69) is 0 Å². The first-order chi connectivity index (χ1) is 8.97. The van der Waals surface area contributed by atoms with Crippen molar-refractivity contribution >= 4 is 33.0 Å². The summed E-state index contributed by atoms with van der Waals surface area (Å²) >= 11 is 12.1. The highest BCUT2D eigenvalue weighted by atomic mass is 35.5. The Morgan fingerprint density at radius 3 is 2.16 bits per heavy atom. The summed E-state index contributed by atoms with van der Waals surface area (Å²) in [6.45, 7) is 1.66. The average molecular weight is 323 g/mol. The molecule has 1 rings (SSSR count). The average Bonchev–Trinajstić information content (AvgIpc) is 2.45. The van der Waals surface area contributed by atoms with E-state index in [0.29, 0.717) is 24.6 Å². The summed E-state index contributed by atoms with van der Waals surface area (Å²) < 4.78 is 23.3. The van der Waals surface area contributed by atoms with Gasteiger partial charge in [0.15, 0.2) is 0 Å². The lowest BCUT2D eigenvalue weighted by molar-refractivity contribution is 0.362. The topological polar surface area (TPSA) is 34.1 Å². The van der Waals surface area contributed by atoms with E-state index in [1.165, 1.54) is 0 Å². The van der Waals surface area contributed by atoms with Crippen LogP contribution in [-0.2, 0) is 16.3 Å². The van der Waals surface area contributed by atoms with Crippen LogP contribution in [0.15, 0.2) is 30.3 Å². The van der Waals surface area contributed by atoms with Gasteiger partial charge in [0.05, 0.1) is 5.75 Å². The molecule has 5 heteroatoms. The van der Waals surface area contributed by atoms with Crippen LogP contribution >= 0.6 is 23.2 Å². The second-order valence-corrected chi connectivity index (χ2v) is 7.92. The SMILES string of the molecule is CCS(=O)(=O)CCC(CCl)(CCl)Cc1ccccc1. The van der Waals surface area contributed by atoms with Gasteiger partial charge >= 0.3 is 0 Å². The summed E-state index contributed by atoms with van der Waals surface area (Å²) in [5.74, 6) is 1.05. The van der Waals surface area contributed by atoms with E-state index in [-0.39, 0.29) is 16.9 Å². The van der Waals surface area contributed by atoms with Crippen molar-refractivity contribution in [3.05, 3.63) is 35.9 Å². The Hall–Kier alpha value is -0.250. The van der Waals surface area contributed by atoms with E-state index in [1.807, 2.05) is 30.3 Å². The van der Waals surface area contributed by atoms with Gasteiger partial charge < -0.3 is 0 Å². The molecule has 0 heterocycles. The van der Waals surface area contributed by atoms with Crippen LogP contribution in [0.3, 0.4) is 0 Å². The van der Waals surface area contributed by atoms with Crippen LogP contribution < -0.4 is 0 Å². The van der Waals surface area contributed by atoms with Gasteiger partial charge in [0, 0.05) is 22.9 Å². The molecule has 0 fully saturated rings. The van der Waals surface area contributed by atoms with Crippen molar-refractivity contribution in [2.24, 2.45) is 5.41 Å². The van der Waals surface area contributed by atoms with Gasteiger partial charge in [-0.1, -0.05) is 37.3 Å². The molecule has 0 spiro atoms. The van der Waals surface area contributed by atoms with Crippen molar-refractivity contribution in [1.29, 1.82) is 0 Å². The van der Waals surface area contributed by atoms with E-state index < -0.39 is 9.84 Å². The highest BCUT2D eigenvalue weighted by Gasteiger charge is 2.30. The molecule has 0 aliphatic heterocycles. The maximum atomic E-state index is 11.6. The molecule has 108 valence electrons. The van der Waals surface area contributed by atoms with Crippen LogP contribution in [0.5, 0.6) is 0 Å². The van der Waals surface area contributed by atoms with Gasteiger partial charge in [-0.05, 0) is 18.4 Å². The van der Waals surface area contributed by atoms with E-state index in [0.717, 1.165) is 5.56 Å². The zero-order valence-electron chi connectivity index (χ0n) is 11.1. The molecule has 2 nitrogen and oxygen atoms in total. The molecule has 0 bridgehead atoms. The molecule has 0 atom stereocenters. The third-order valence-electron chi connectivity index (χ3n) is 3.37. The summed E-state index contributed by atoms with van der Waals surface area (Å²) in [7, 11) is -2.98. The van der Waals surface area contributed by atoms with Crippen LogP contribution in [0, 0.1) is 5.41 Å². The Balaban J connectivity index is 2.80. The first-order valence-electron chi connectivity index (χ1n) is 6.33. The van der Waals surface area contributed by atoms with Crippen LogP contribution in [-0.4, -0.2) is 31.7 Å². The summed E-state index contributed by atoms with van der Waals surface area (Å²) in [5, 5.41) is 0. The second kappa shape index (κ2) is 7.51. The second-order valence-electron chi connectivity index (χ2n) is 4.92. The molecule has 0 aromatic heterocycles. The predicted molar refractivity (Wildman–Crippen MR) is 83.0 cm³/mol. The molecule has 0 unspecified atom stereocenters. The third kappa shape index (κ3) is 5.33. The first kappa shape index (κ1) is 16.8. The van der Waals surface area contributed by atoms with E-state index >= 15 is 0 Å². The Labute approximate surface area is 126 Å². The van der Waals surface area contributed by atoms with Gasteiger partial charge in [-0.15, -0.1) is 23.2 Å². The molecule has 0 amide bonds. The molecule has 0 aliphatic carbocycles. The van der Waals surface area contributed by atoms with Crippen LogP contribution in [0.1, 0.15) is 18.9 Å². The fourth-order valence-corrected chi connectivity index (χ4v) is 3.67. The number of rotatable bonds is 8. The minimum atomic E-state index is -2.98. The van der Waals surface area contributed by atoms with Crippen molar-refractivity contribution in [3.8, 4) is 0 Å². The monoisotopic (exact) mass is 322 g/mol. The van der Waals surface area contributed by atoms with Gasteiger partial charge in [-0.3, -0.25) is 0 Å². The predicted octanol–water partition coefficient (Wildman–Crippen LogP) is 3.52. The number of halogens is 2. The molecule has 19 heavy (non-hydrogen) atoms. The van der Waals surface area contributed by atoms with E-state index in [1.54, 1.807) is 6.92 Å². The highest BCUT2D eigenvalue weighted by Crippen LogP contribution is 2.31. The number of hydrogen-bond donors (Lipinski definition) is 0. The smallest absolute Gasteiger partial charge is 0.150 e. The molecule has 1 aromatic carbocycles. The van der Waals surface area contributed by atoms with Crippen molar-refractivity contribution in [3.63, 3.8) is 0 Å². The van der Waals surface area contributed by atoms with Gasteiger partial charge in [-0.25, -0.2) is 8.42 Å². The van der Waals surface area contributed by atoms with Gasteiger partial charge in [-0.2, -0.15) is 0 Å². The Kier molecular flexibility index (Phi) is 6.64. The zero-order chi connectivity index (χ0) is 14.4. The Morgan fingerprint density at radius 1 is 1.11 bits per heavy atom. The van der Waals surface area contributed by atoms with Gasteiger partial charge in [0.1, 0.15) is 9.84 Å². The van der Waals surface area contributed by atoms with Crippen molar-refractivity contribution in [1.82, 2.24) is 0 Å². The van der Waals surface area contributed by atoms with Crippen LogP contribution in [0.4, 0.5) is 0 Å². The lowest BCUT2D eigenvalue weighted by atomic mass is 9.83.